The third-order valence-corrected chi connectivity index (χ3v) is 1.82. The maximum absolute atomic E-state index is 5.03. The zero-order valence-electron chi connectivity index (χ0n) is 5.92. The monoisotopic (exact) mass is 138 g/mol. The summed E-state index contributed by atoms with van der Waals surface area (Å²) >= 11 is 0. The molecule has 0 radical (unpaired) electrons. The highest BCUT2D eigenvalue weighted by atomic mass is 16.3. The predicted molar refractivity (Wildman–Crippen MR) is 40.5 cm³/mol. The number of furan rings is 1. The number of fused-ring (bicyclic) bond motifs is 1. The van der Waals surface area contributed by atoms with E-state index in [9.17, 15) is 0 Å². The van der Waals surface area contributed by atoms with Crippen molar-refractivity contribution >= 4 is 11.4 Å². The van der Waals surface area contributed by atoms with E-state index in [1.54, 1.807) is 12.5 Å². The number of anilines is 2. The molecule has 0 fully saturated rings. The molecule has 54 valence electrons. The standard InChI is InChI=1S/C7H10N2O/c1-9-3-2-8-6-4-10-5-7(6)9/h4-5,8H,2-3H2,1H3. The van der Waals surface area contributed by atoms with Crippen LogP contribution in [0.25, 0.3) is 0 Å². The number of nitrogens with one attached hydrogen (secondary N) is 1. The fourth-order valence-corrected chi connectivity index (χ4v) is 1.20. The first kappa shape index (κ1) is 5.65. The highest BCUT2D eigenvalue weighted by Crippen LogP contribution is 2.28. The van der Waals surface area contributed by atoms with Crippen LogP contribution in [-0.4, -0.2) is 20.1 Å². The van der Waals surface area contributed by atoms with E-state index in [0.717, 1.165) is 24.5 Å². The molecule has 0 saturated heterocycles. The van der Waals surface area contributed by atoms with E-state index >= 15 is 0 Å². The average Bonchev–Trinajstić information content (AvgIpc) is 2.36. The number of rotatable bonds is 0. The summed E-state index contributed by atoms with van der Waals surface area (Å²) in [5.41, 5.74) is 2.26. The van der Waals surface area contributed by atoms with Gasteiger partial charge in [0, 0.05) is 20.1 Å². The molecule has 2 rings (SSSR count). The van der Waals surface area contributed by atoms with Crippen molar-refractivity contribution < 1.29 is 4.42 Å². The Balaban J connectivity index is 2.41. The summed E-state index contributed by atoms with van der Waals surface area (Å²) in [5, 5.41) is 3.24. The van der Waals surface area contributed by atoms with Gasteiger partial charge in [-0.05, 0) is 0 Å². The molecule has 1 aliphatic rings. The zero-order valence-corrected chi connectivity index (χ0v) is 5.92. The Bertz CT molecular complexity index is 231. The van der Waals surface area contributed by atoms with Gasteiger partial charge in [-0.25, -0.2) is 0 Å². The Morgan fingerprint density at radius 3 is 3.30 bits per heavy atom. The summed E-state index contributed by atoms with van der Waals surface area (Å²) in [6.07, 6.45) is 3.51. The Morgan fingerprint density at radius 1 is 1.60 bits per heavy atom. The molecule has 0 spiro atoms. The lowest BCUT2D eigenvalue weighted by molar-refractivity contribution is 0.568. The topological polar surface area (TPSA) is 28.4 Å². The lowest BCUT2D eigenvalue weighted by atomic mass is 10.3. The van der Waals surface area contributed by atoms with Gasteiger partial charge in [0.05, 0.1) is 11.4 Å². The Labute approximate surface area is 59.6 Å². The van der Waals surface area contributed by atoms with Crippen LogP contribution in [0.2, 0.25) is 0 Å². The third-order valence-electron chi connectivity index (χ3n) is 1.82. The molecule has 0 saturated carbocycles. The summed E-state index contributed by atoms with van der Waals surface area (Å²) < 4.78 is 5.03. The summed E-state index contributed by atoms with van der Waals surface area (Å²) in [6.45, 7) is 2.05. The first-order valence-corrected chi connectivity index (χ1v) is 3.39. The van der Waals surface area contributed by atoms with Crippen molar-refractivity contribution in [3.05, 3.63) is 12.5 Å². The van der Waals surface area contributed by atoms with Gasteiger partial charge in [-0.15, -0.1) is 0 Å². The normalized spacial score (nSPS) is 16.3. The number of hydrogen-bond acceptors (Lipinski definition) is 3. The smallest absolute Gasteiger partial charge is 0.116 e. The quantitative estimate of drug-likeness (QED) is 0.582. The number of nitrogens with zero attached hydrogens (tertiary/aromatic N) is 1. The van der Waals surface area contributed by atoms with Crippen molar-refractivity contribution in [1.82, 2.24) is 0 Å². The predicted octanol–water partition coefficient (Wildman–Crippen LogP) is 1.14. The molecule has 0 atom stereocenters. The number of likely N-dealkylation sites (N-methyl/N-ethyl adjacent to an activating group) is 1. The van der Waals surface area contributed by atoms with Gasteiger partial charge in [-0.1, -0.05) is 0 Å². The van der Waals surface area contributed by atoms with Crippen LogP contribution in [0.1, 0.15) is 0 Å². The maximum atomic E-state index is 5.03. The van der Waals surface area contributed by atoms with Crippen LogP contribution < -0.4 is 10.2 Å². The fraction of sp³-hybridized carbons (Fsp3) is 0.429. The van der Waals surface area contributed by atoms with Crippen LogP contribution in [0.4, 0.5) is 11.4 Å². The van der Waals surface area contributed by atoms with E-state index < -0.39 is 0 Å². The Morgan fingerprint density at radius 2 is 2.50 bits per heavy atom. The third kappa shape index (κ3) is 0.667. The van der Waals surface area contributed by atoms with Gasteiger partial charge in [-0.2, -0.15) is 0 Å². The average molecular weight is 138 g/mol. The Hall–Kier alpha value is -1.12. The van der Waals surface area contributed by atoms with E-state index in [2.05, 4.69) is 17.3 Å². The minimum absolute atomic E-state index is 1.00. The van der Waals surface area contributed by atoms with Crippen molar-refractivity contribution in [2.75, 3.05) is 30.4 Å². The molecule has 10 heavy (non-hydrogen) atoms. The van der Waals surface area contributed by atoms with Gasteiger partial charge in [0.15, 0.2) is 0 Å². The molecule has 1 N–H and O–H groups in total. The molecule has 3 nitrogen and oxygen atoms in total. The molecule has 3 heteroatoms. The molecule has 0 aliphatic carbocycles. The largest absolute Gasteiger partial charge is 0.468 e. The highest BCUT2D eigenvalue weighted by Gasteiger charge is 2.13. The second-order valence-electron chi connectivity index (χ2n) is 2.52. The molecule has 0 aromatic carbocycles. The van der Waals surface area contributed by atoms with Gasteiger partial charge in [0.25, 0.3) is 0 Å². The lowest BCUT2D eigenvalue weighted by Gasteiger charge is -2.24. The van der Waals surface area contributed by atoms with E-state index in [0.29, 0.717) is 0 Å². The van der Waals surface area contributed by atoms with Crippen molar-refractivity contribution in [1.29, 1.82) is 0 Å². The van der Waals surface area contributed by atoms with E-state index in [1.165, 1.54) is 0 Å². The van der Waals surface area contributed by atoms with Crippen LogP contribution in [0.3, 0.4) is 0 Å². The van der Waals surface area contributed by atoms with Crippen LogP contribution in [0.15, 0.2) is 16.9 Å². The second-order valence-corrected chi connectivity index (χ2v) is 2.52. The minimum atomic E-state index is 1.00. The summed E-state index contributed by atoms with van der Waals surface area (Å²) in [7, 11) is 2.06. The maximum Gasteiger partial charge on any atom is 0.116 e. The summed E-state index contributed by atoms with van der Waals surface area (Å²) in [4.78, 5) is 2.18. The Kier molecular flexibility index (Phi) is 1.09. The molecule has 1 aromatic rings. The van der Waals surface area contributed by atoms with Crippen molar-refractivity contribution in [2.45, 2.75) is 0 Å². The van der Waals surface area contributed by atoms with E-state index in [-0.39, 0.29) is 0 Å². The second kappa shape index (κ2) is 1.94. The molecular weight excluding hydrogens is 128 g/mol. The zero-order chi connectivity index (χ0) is 6.97. The van der Waals surface area contributed by atoms with Crippen molar-refractivity contribution in [3.63, 3.8) is 0 Å². The van der Waals surface area contributed by atoms with Gasteiger partial charge in [-0.3, -0.25) is 0 Å². The van der Waals surface area contributed by atoms with Gasteiger partial charge in [0.1, 0.15) is 12.5 Å². The molecular formula is C7H10N2O. The van der Waals surface area contributed by atoms with Crippen LogP contribution in [0.5, 0.6) is 0 Å². The van der Waals surface area contributed by atoms with Gasteiger partial charge >= 0.3 is 0 Å². The molecule has 2 heterocycles. The molecule has 0 unspecified atom stereocenters. The van der Waals surface area contributed by atoms with Gasteiger partial charge < -0.3 is 14.6 Å². The molecule has 1 aromatic heterocycles. The summed E-state index contributed by atoms with van der Waals surface area (Å²) in [5.74, 6) is 0. The van der Waals surface area contributed by atoms with Crippen molar-refractivity contribution in [2.24, 2.45) is 0 Å². The van der Waals surface area contributed by atoms with E-state index in [1.807, 2.05) is 0 Å². The van der Waals surface area contributed by atoms with Crippen LogP contribution in [0, 0.1) is 0 Å². The SMILES string of the molecule is CN1CCNc2cocc21. The molecule has 0 bridgehead atoms. The highest BCUT2D eigenvalue weighted by molar-refractivity contribution is 5.69. The molecule has 0 amide bonds. The number of hydrogen-bond donors (Lipinski definition) is 1. The summed E-state index contributed by atoms with van der Waals surface area (Å²) in [6, 6.07) is 0. The van der Waals surface area contributed by atoms with Crippen LogP contribution >= 0.6 is 0 Å². The lowest BCUT2D eigenvalue weighted by Crippen LogP contribution is -2.29. The first-order valence-electron chi connectivity index (χ1n) is 3.39. The fourth-order valence-electron chi connectivity index (χ4n) is 1.20. The van der Waals surface area contributed by atoms with E-state index in [4.69, 9.17) is 4.42 Å². The molecule has 1 aliphatic heterocycles. The minimum Gasteiger partial charge on any atom is -0.468 e. The van der Waals surface area contributed by atoms with Gasteiger partial charge in [0.2, 0.25) is 0 Å². The first-order chi connectivity index (χ1) is 4.88. The van der Waals surface area contributed by atoms with Crippen molar-refractivity contribution in [3.8, 4) is 0 Å². The van der Waals surface area contributed by atoms with Crippen LogP contribution in [-0.2, 0) is 0 Å².